The average Bonchev–Trinajstić information content (AvgIpc) is 1.69. The molecular weight excluding hydrogens is 1410 g/mol. The number of thiophene rings is 3. The number of hydrogen-bond acceptors (Lipinski definition) is 9. The zero-order chi connectivity index (χ0) is 73.6. The number of nitrogens with one attached hydrogen (secondary N) is 3. The molecule has 17 aromatic carbocycles. The van der Waals surface area contributed by atoms with Crippen LogP contribution in [0.15, 0.2) is 403 Å². The topological polar surface area (TPSA) is 65.6 Å². The van der Waals surface area contributed by atoms with Gasteiger partial charge in [-0.1, -0.05) is 249 Å². The van der Waals surface area contributed by atoms with Crippen LogP contribution in [-0.2, 0) is 0 Å². The van der Waals surface area contributed by atoms with Crippen molar-refractivity contribution >= 4 is 190 Å². The van der Waals surface area contributed by atoms with Crippen molar-refractivity contribution in [3.05, 3.63) is 394 Å². The first-order valence-corrected chi connectivity index (χ1v) is 39.7. The van der Waals surface area contributed by atoms with Crippen molar-refractivity contribution in [2.75, 3.05) is 20.9 Å². The molecule has 0 fully saturated rings. The van der Waals surface area contributed by atoms with Gasteiger partial charge in [0.1, 0.15) is 16.7 Å². The Morgan fingerprint density at radius 2 is 0.595 bits per heavy atom. The summed E-state index contributed by atoms with van der Waals surface area (Å²) in [6, 6.07) is 140. The molecule has 0 bridgehead atoms. The van der Waals surface area contributed by atoms with Gasteiger partial charge in [0.05, 0.1) is 16.1 Å². The van der Waals surface area contributed by atoms with Crippen LogP contribution < -0.4 is 20.9 Å². The molecule has 0 atom stereocenters. The van der Waals surface area contributed by atoms with E-state index in [-0.39, 0.29) is 0 Å². The fourth-order valence-corrected chi connectivity index (χ4v) is 18.8. The van der Waals surface area contributed by atoms with E-state index in [0.29, 0.717) is 0 Å². The summed E-state index contributed by atoms with van der Waals surface area (Å²) in [6.07, 6.45) is 0. The number of rotatable bonds is 13. The molecule has 22 rings (SSSR count). The number of anilines is 9. The monoisotopic (exact) mass is 1480 g/mol. The summed E-state index contributed by atoms with van der Waals surface area (Å²) in [5.41, 5.74) is 22.9. The molecule has 0 aliphatic rings. The Bertz CT molecular complexity index is 6960. The molecule has 0 spiro atoms. The maximum Gasteiger partial charge on any atom is 0.158 e. The van der Waals surface area contributed by atoms with Crippen LogP contribution in [0.2, 0.25) is 0 Å². The summed E-state index contributed by atoms with van der Waals surface area (Å²) in [7, 11) is 0. The van der Waals surface area contributed by atoms with Crippen LogP contribution >= 0.6 is 34.0 Å². The Hall–Kier alpha value is -13.8. The fraction of sp³-hybridized carbons (Fsp3) is 0. The Kier molecular flexibility index (Phi) is 17.4. The fourth-order valence-electron chi connectivity index (χ4n) is 15.4. The van der Waals surface area contributed by atoms with E-state index in [1.165, 1.54) is 105 Å². The lowest BCUT2D eigenvalue weighted by Crippen LogP contribution is -2.10. The summed E-state index contributed by atoms with van der Waals surface area (Å²) in [4.78, 5) is 2.35. The zero-order valence-corrected chi connectivity index (χ0v) is 62.5. The lowest BCUT2D eigenvalue weighted by molar-refractivity contribution is 0.669. The average molecular weight is 1480 g/mol. The van der Waals surface area contributed by atoms with Gasteiger partial charge in [0.15, 0.2) is 5.58 Å². The molecule has 6 nitrogen and oxygen atoms in total. The molecule has 3 N–H and O–H groups in total. The molecule has 0 amide bonds. The molecule has 0 saturated carbocycles. The van der Waals surface area contributed by atoms with E-state index in [1.54, 1.807) is 0 Å². The third-order valence-corrected chi connectivity index (χ3v) is 24.3. The third-order valence-electron chi connectivity index (χ3n) is 20.8. The van der Waals surface area contributed by atoms with Crippen LogP contribution in [0.25, 0.3) is 149 Å². The number of fused-ring (bicyclic) bond motifs is 15. The maximum atomic E-state index is 6.13. The van der Waals surface area contributed by atoms with Crippen molar-refractivity contribution in [2.45, 2.75) is 0 Å². The lowest BCUT2D eigenvalue weighted by Gasteiger charge is -2.27. The standard InChI is InChI=1S/C42H30N2S.C36H23NOS.C24H15NOS/c1-3-13-30(14-4-1)32-17-9-20-35(27-32)44(36-21-10-18-33(28-36)31-15-5-2-6-16-31)37-22-11-19-34(29-37)43-40-25-12-24-39-38-23-7-8-26-41(38)45-42(39)40;1-3-7-33-29(5-1)31-21-25(13-19-34(31)38-33)23-9-15-27(16-10-23)37-28-17-11-24(12-18-28)26-14-20-36-32(22-26)30-6-2-4-8-35(30)39-36;1-3-10-21-16(6-1)19-8-5-9-20(24(19)26-21)25-15-12-13-18-17-7-2-4-11-22(17)27-23(18)14-15/h1-29,43H;1-22,37H;1-14,25H. The van der Waals surface area contributed by atoms with E-state index in [1.807, 2.05) is 64.3 Å². The largest absolute Gasteiger partial charge is 0.456 e. The molecule has 22 aromatic rings. The molecule has 526 valence electrons. The van der Waals surface area contributed by atoms with E-state index < -0.39 is 0 Å². The highest BCUT2D eigenvalue weighted by Gasteiger charge is 2.19. The van der Waals surface area contributed by atoms with Crippen LogP contribution in [0, 0.1) is 0 Å². The second kappa shape index (κ2) is 29.1. The Morgan fingerprint density at radius 1 is 0.198 bits per heavy atom. The minimum absolute atomic E-state index is 0.898. The molecule has 0 saturated heterocycles. The summed E-state index contributed by atoms with van der Waals surface area (Å²) >= 11 is 5.52. The number of nitrogens with zero attached hydrogens (tertiary/aromatic N) is 1. The van der Waals surface area contributed by atoms with E-state index in [2.05, 4.69) is 385 Å². The van der Waals surface area contributed by atoms with Gasteiger partial charge in [-0.2, -0.15) is 0 Å². The van der Waals surface area contributed by atoms with Gasteiger partial charge in [-0.15, -0.1) is 34.0 Å². The highest BCUT2D eigenvalue weighted by Crippen LogP contribution is 2.45. The zero-order valence-electron chi connectivity index (χ0n) is 60.0. The third kappa shape index (κ3) is 13.2. The number of para-hydroxylation sites is 3. The first kappa shape index (κ1) is 66.6. The molecular formula is C102H68N4O2S3. The van der Waals surface area contributed by atoms with Gasteiger partial charge in [0.25, 0.3) is 0 Å². The van der Waals surface area contributed by atoms with Crippen molar-refractivity contribution in [1.82, 2.24) is 0 Å². The SMILES string of the molecule is c1ccc(-c2cccc(N(c3cccc(Nc4cccc5c4sc4ccccc45)c3)c3cccc(-c4ccccc4)c3)c2)cc1.c1ccc2c(c1)oc1c(Nc3ccc4c(c3)sc3ccccc34)cccc12.c1ccc2c(c1)oc1ccc(-c3ccc(Nc4ccc(-c5ccc6sc7ccccc7c6c5)cc4)cc3)cc12. The molecule has 0 aliphatic carbocycles. The van der Waals surface area contributed by atoms with Gasteiger partial charge in [0.2, 0.25) is 0 Å². The van der Waals surface area contributed by atoms with Gasteiger partial charge < -0.3 is 29.7 Å². The smallest absolute Gasteiger partial charge is 0.158 e. The summed E-state index contributed by atoms with van der Waals surface area (Å²) in [5, 5.41) is 23.3. The molecule has 0 unspecified atom stereocenters. The molecule has 5 heterocycles. The summed E-state index contributed by atoms with van der Waals surface area (Å²) < 4.78 is 20.0. The van der Waals surface area contributed by atoms with Gasteiger partial charge in [-0.25, -0.2) is 0 Å². The van der Waals surface area contributed by atoms with Crippen LogP contribution in [0.3, 0.4) is 0 Å². The Labute approximate surface area is 653 Å². The van der Waals surface area contributed by atoms with Gasteiger partial charge in [-0.05, 0) is 190 Å². The normalized spacial score (nSPS) is 11.4. The van der Waals surface area contributed by atoms with Crippen LogP contribution in [0.5, 0.6) is 0 Å². The molecule has 5 aromatic heterocycles. The predicted octanol–water partition coefficient (Wildman–Crippen LogP) is 31.3. The quantitative estimate of drug-likeness (QED) is 0.107. The molecule has 9 heteroatoms. The van der Waals surface area contributed by atoms with Crippen LogP contribution in [0.4, 0.5) is 51.2 Å². The Morgan fingerprint density at radius 3 is 1.24 bits per heavy atom. The molecule has 0 radical (unpaired) electrons. The van der Waals surface area contributed by atoms with Gasteiger partial charge in [0, 0.05) is 117 Å². The summed E-state index contributed by atoms with van der Waals surface area (Å²) in [6.45, 7) is 0. The van der Waals surface area contributed by atoms with Crippen molar-refractivity contribution in [1.29, 1.82) is 0 Å². The highest BCUT2D eigenvalue weighted by molar-refractivity contribution is 7.27. The van der Waals surface area contributed by atoms with E-state index in [9.17, 15) is 0 Å². The minimum atomic E-state index is 0.898. The van der Waals surface area contributed by atoms with E-state index in [0.717, 1.165) is 95.1 Å². The first-order valence-electron chi connectivity index (χ1n) is 37.2. The number of benzene rings is 17. The van der Waals surface area contributed by atoms with Gasteiger partial charge >= 0.3 is 0 Å². The van der Waals surface area contributed by atoms with Crippen molar-refractivity contribution in [3.8, 4) is 44.5 Å². The number of hydrogen-bond donors (Lipinski definition) is 3. The second-order valence-corrected chi connectivity index (χ2v) is 31.0. The van der Waals surface area contributed by atoms with E-state index in [4.69, 9.17) is 8.83 Å². The van der Waals surface area contributed by atoms with Gasteiger partial charge in [-0.3, -0.25) is 0 Å². The van der Waals surface area contributed by atoms with Crippen molar-refractivity contribution in [2.24, 2.45) is 0 Å². The maximum absolute atomic E-state index is 6.13. The highest BCUT2D eigenvalue weighted by atomic mass is 32.1. The summed E-state index contributed by atoms with van der Waals surface area (Å²) in [5.74, 6) is 0. The second-order valence-electron chi connectivity index (χ2n) is 27.7. The van der Waals surface area contributed by atoms with E-state index >= 15 is 0 Å². The predicted molar refractivity (Wildman–Crippen MR) is 478 cm³/mol. The lowest BCUT2D eigenvalue weighted by atomic mass is 10.0. The number of furan rings is 2. The van der Waals surface area contributed by atoms with Crippen molar-refractivity contribution < 1.29 is 8.83 Å². The molecule has 0 aliphatic heterocycles. The first-order chi connectivity index (χ1) is 54.9. The molecule has 111 heavy (non-hydrogen) atoms. The Balaban J connectivity index is 0.000000112. The van der Waals surface area contributed by atoms with Crippen LogP contribution in [0.1, 0.15) is 0 Å². The van der Waals surface area contributed by atoms with Crippen LogP contribution in [-0.4, -0.2) is 0 Å². The minimum Gasteiger partial charge on any atom is -0.456 e. The van der Waals surface area contributed by atoms with Crippen molar-refractivity contribution in [3.63, 3.8) is 0 Å².